The van der Waals surface area contributed by atoms with Gasteiger partial charge in [0.1, 0.15) is 0 Å². The zero-order chi connectivity index (χ0) is 16.0. The van der Waals surface area contributed by atoms with E-state index in [0.29, 0.717) is 11.4 Å². The summed E-state index contributed by atoms with van der Waals surface area (Å²) in [5, 5.41) is 3.29. The van der Waals surface area contributed by atoms with Crippen LogP contribution in [0.15, 0.2) is 17.0 Å². The van der Waals surface area contributed by atoms with Gasteiger partial charge in [-0.15, -0.1) is 6.42 Å². The molecule has 0 saturated carbocycles. The Balaban J connectivity index is 3.20. The van der Waals surface area contributed by atoms with E-state index in [-0.39, 0.29) is 6.54 Å². The van der Waals surface area contributed by atoms with Crippen molar-refractivity contribution in [2.45, 2.75) is 38.6 Å². The van der Waals surface area contributed by atoms with Crippen LogP contribution in [0.4, 0.5) is 0 Å². The number of nitrogens with zero attached hydrogens (tertiary/aromatic N) is 1. The third kappa shape index (κ3) is 4.31. The molecule has 0 aliphatic heterocycles. The number of terminal acetylenes is 1. The first-order chi connectivity index (χ1) is 9.84. The molecule has 0 aromatic heterocycles. The molecular formula is C16H24N2O2S. The van der Waals surface area contributed by atoms with Crippen LogP contribution in [0.25, 0.3) is 0 Å². The summed E-state index contributed by atoms with van der Waals surface area (Å²) in [6.45, 7) is 7.49. The van der Waals surface area contributed by atoms with E-state index in [0.717, 1.165) is 29.7 Å². The molecule has 1 aromatic carbocycles. The van der Waals surface area contributed by atoms with Gasteiger partial charge in [-0.05, 0) is 49.6 Å². The van der Waals surface area contributed by atoms with Gasteiger partial charge >= 0.3 is 0 Å². The lowest BCUT2D eigenvalue weighted by molar-refractivity contribution is 0.502. The molecule has 0 fully saturated rings. The number of hydrogen-bond acceptors (Lipinski definition) is 3. The topological polar surface area (TPSA) is 49.4 Å². The molecular weight excluding hydrogens is 284 g/mol. The van der Waals surface area contributed by atoms with Gasteiger partial charge in [-0.2, -0.15) is 4.31 Å². The predicted octanol–water partition coefficient (Wildman–Crippen LogP) is 2.06. The van der Waals surface area contributed by atoms with Crippen molar-refractivity contribution in [1.29, 1.82) is 0 Å². The highest BCUT2D eigenvalue weighted by atomic mass is 32.2. The lowest BCUT2D eigenvalue weighted by atomic mass is 10.1. The van der Waals surface area contributed by atoms with Crippen molar-refractivity contribution in [3.8, 4) is 12.3 Å². The van der Waals surface area contributed by atoms with Gasteiger partial charge in [-0.3, -0.25) is 0 Å². The molecule has 0 saturated heterocycles. The van der Waals surface area contributed by atoms with E-state index in [2.05, 4.69) is 18.2 Å². The van der Waals surface area contributed by atoms with Crippen LogP contribution in [0.2, 0.25) is 0 Å². The second kappa shape index (κ2) is 7.60. The average Bonchev–Trinajstić information content (AvgIpc) is 2.42. The SMILES string of the molecule is C#CCN(C)S(=O)(=O)c1cc(CNCCC)cc(C)c1C. The Bertz CT molecular complexity index is 630. The molecule has 0 amide bonds. The van der Waals surface area contributed by atoms with Crippen molar-refractivity contribution in [1.82, 2.24) is 9.62 Å². The van der Waals surface area contributed by atoms with Crippen LogP contribution in [0.5, 0.6) is 0 Å². The maximum absolute atomic E-state index is 12.6. The molecule has 116 valence electrons. The fourth-order valence-electron chi connectivity index (χ4n) is 2.06. The Morgan fingerprint density at radius 3 is 2.57 bits per heavy atom. The molecule has 1 N–H and O–H groups in total. The maximum atomic E-state index is 12.6. The van der Waals surface area contributed by atoms with Crippen molar-refractivity contribution in [3.05, 3.63) is 28.8 Å². The zero-order valence-corrected chi connectivity index (χ0v) is 14.0. The van der Waals surface area contributed by atoms with Gasteiger partial charge < -0.3 is 5.32 Å². The quantitative estimate of drug-likeness (QED) is 0.619. The Kier molecular flexibility index (Phi) is 6.41. The largest absolute Gasteiger partial charge is 0.313 e. The summed E-state index contributed by atoms with van der Waals surface area (Å²) in [6.07, 6.45) is 6.26. The molecule has 0 atom stereocenters. The average molecular weight is 308 g/mol. The van der Waals surface area contributed by atoms with Crippen molar-refractivity contribution in [2.75, 3.05) is 20.1 Å². The normalized spacial score (nSPS) is 11.6. The highest BCUT2D eigenvalue weighted by Gasteiger charge is 2.23. The van der Waals surface area contributed by atoms with E-state index >= 15 is 0 Å². The Labute approximate surface area is 128 Å². The summed E-state index contributed by atoms with van der Waals surface area (Å²) in [5.74, 6) is 2.37. The summed E-state index contributed by atoms with van der Waals surface area (Å²) in [5.41, 5.74) is 2.72. The van der Waals surface area contributed by atoms with E-state index in [1.165, 1.54) is 11.4 Å². The number of rotatable bonds is 7. The Morgan fingerprint density at radius 2 is 2.00 bits per heavy atom. The standard InChI is InChI=1S/C16H24N2O2S/c1-6-8-17-12-15-10-13(3)14(4)16(11-15)21(19,20)18(5)9-7-2/h2,10-11,17H,6,8-9,12H2,1,3-5H3. The molecule has 4 nitrogen and oxygen atoms in total. The third-order valence-corrected chi connectivity index (χ3v) is 5.37. The first kappa shape index (κ1) is 17.7. The van der Waals surface area contributed by atoms with Crippen LogP contribution in [0.3, 0.4) is 0 Å². The third-order valence-electron chi connectivity index (χ3n) is 3.44. The van der Waals surface area contributed by atoms with Crippen LogP contribution in [-0.4, -0.2) is 32.9 Å². The monoisotopic (exact) mass is 308 g/mol. The Hall–Kier alpha value is -1.35. The highest BCUT2D eigenvalue weighted by molar-refractivity contribution is 7.89. The molecule has 1 aromatic rings. The second-order valence-electron chi connectivity index (χ2n) is 5.18. The van der Waals surface area contributed by atoms with Gasteiger partial charge in [0.15, 0.2) is 0 Å². The van der Waals surface area contributed by atoms with Gasteiger partial charge in [-0.25, -0.2) is 8.42 Å². The first-order valence-electron chi connectivity index (χ1n) is 7.05. The fraction of sp³-hybridized carbons (Fsp3) is 0.500. The van der Waals surface area contributed by atoms with Crippen molar-refractivity contribution < 1.29 is 8.42 Å². The Morgan fingerprint density at radius 1 is 1.33 bits per heavy atom. The molecule has 0 radical (unpaired) electrons. The lowest BCUT2D eigenvalue weighted by Gasteiger charge is -2.18. The van der Waals surface area contributed by atoms with Crippen molar-refractivity contribution in [2.24, 2.45) is 0 Å². The van der Waals surface area contributed by atoms with E-state index < -0.39 is 10.0 Å². The van der Waals surface area contributed by atoms with E-state index in [1.807, 2.05) is 19.9 Å². The number of aryl methyl sites for hydroxylation is 1. The smallest absolute Gasteiger partial charge is 0.243 e. The summed E-state index contributed by atoms with van der Waals surface area (Å²) >= 11 is 0. The molecule has 0 aliphatic carbocycles. The summed E-state index contributed by atoms with van der Waals surface area (Å²) in [4.78, 5) is 0.341. The van der Waals surface area contributed by atoms with Gasteiger partial charge in [0, 0.05) is 13.6 Å². The van der Waals surface area contributed by atoms with E-state index in [4.69, 9.17) is 6.42 Å². The minimum Gasteiger partial charge on any atom is -0.313 e. The molecule has 5 heteroatoms. The fourth-order valence-corrected chi connectivity index (χ4v) is 3.49. The number of hydrogen-bond donors (Lipinski definition) is 1. The lowest BCUT2D eigenvalue weighted by Crippen LogP contribution is -2.28. The summed E-state index contributed by atoms with van der Waals surface area (Å²) in [6, 6.07) is 3.77. The van der Waals surface area contributed by atoms with Gasteiger partial charge in [-0.1, -0.05) is 18.9 Å². The highest BCUT2D eigenvalue weighted by Crippen LogP contribution is 2.23. The molecule has 0 bridgehead atoms. The number of nitrogens with one attached hydrogen (secondary N) is 1. The molecule has 0 spiro atoms. The molecule has 21 heavy (non-hydrogen) atoms. The molecule has 0 unspecified atom stereocenters. The minimum atomic E-state index is -3.54. The maximum Gasteiger partial charge on any atom is 0.243 e. The second-order valence-corrected chi connectivity index (χ2v) is 7.19. The number of benzene rings is 1. The predicted molar refractivity (Wildman–Crippen MR) is 86.6 cm³/mol. The molecule has 1 rings (SSSR count). The van der Waals surface area contributed by atoms with Gasteiger partial charge in [0.25, 0.3) is 0 Å². The first-order valence-corrected chi connectivity index (χ1v) is 8.49. The summed E-state index contributed by atoms with van der Waals surface area (Å²) in [7, 11) is -2.04. The molecule has 0 aliphatic rings. The van der Waals surface area contributed by atoms with E-state index in [9.17, 15) is 8.42 Å². The zero-order valence-electron chi connectivity index (χ0n) is 13.2. The van der Waals surface area contributed by atoms with Crippen LogP contribution in [0.1, 0.15) is 30.0 Å². The number of sulfonamides is 1. The van der Waals surface area contributed by atoms with Gasteiger partial charge in [0.05, 0.1) is 11.4 Å². The summed E-state index contributed by atoms with van der Waals surface area (Å²) < 4.78 is 26.4. The van der Waals surface area contributed by atoms with Crippen LogP contribution in [-0.2, 0) is 16.6 Å². The van der Waals surface area contributed by atoms with Gasteiger partial charge in [0.2, 0.25) is 10.0 Å². The van der Waals surface area contributed by atoms with Crippen molar-refractivity contribution >= 4 is 10.0 Å². The van der Waals surface area contributed by atoms with Crippen LogP contribution in [0, 0.1) is 26.2 Å². The molecule has 0 heterocycles. The van der Waals surface area contributed by atoms with Crippen LogP contribution < -0.4 is 5.32 Å². The van der Waals surface area contributed by atoms with Crippen LogP contribution >= 0.6 is 0 Å². The minimum absolute atomic E-state index is 0.0686. The van der Waals surface area contributed by atoms with Crippen molar-refractivity contribution in [3.63, 3.8) is 0 Å². The van der Waals surface area contributed by atoms with E-state index in [1.54, 1.807) is 6.07 Å².